The lowest BCUT2D eigenvalue weighted by Crippen LogP contribution is -1.89. The van der Waals surface area contributed by atoms with Crippen molar-refractivity contribution in [2.45, 2.75) is 0 Å². The molecule has 0 aliphatic carbocycles. The number of nitrogens with one attached hydrogen (secondary N) is 1. The summed E-state index contributed by atoms with van der Waals surface area (Å²) >= 11 is 0. The molecule has 5 rings (SSSR count). The number of rotatable bonds is 3. The summed E-state index contributed by atoms with van der Waals surface area (Å²) in [5.74, 6) is -1.54. The fourth-order valence-corrected chi connectivity index (χ4v) is 3.22. The maximum absolute atomic E-state index is 14.3. The molecule has 7 heteroatoms. The zero-order valence-corrected chi connectivity index (χ0v) is 14.4. The zero-order valence-electron chi connectivity index (χ0n) is 14.4. The Hall–Kier alpha value is -3.87. The fourth-order valence-electron chi connectivity index (χ4n) is 3.22. The molecule has 5 aromatic rings. The van der Waals surface area contributed by atoms with Crippen molar-refractivity contribution < 1.29 is 13.3 Å². The quantitative estimate of drug-likeness (QED) is 0.470. The molecule has 1 N–H and O–H groups in total. The van der Waals surface area contributed by atoms with Gasteiger partial charge in [-0.3, -0.25) is 4.98 Å². The highest BCUT2D eigenvalue weighted by Crippen LogP contribution is 2.38. The van der Waals surface area contributed by atoms with Crippen LogP contribution in [0.5, 0.6) is 0 Å². The normalized spacial score (nSPS) is 11.2. The number of nitrogens with zero attached hydrogens (tertiary/aromatic N) is 3. The van der Waals surface area contributed by atoms with Crippen LogP contribution in [0.4, 0.5) is 8.78 Å². The number of H-pyrrole nitrogens is 1. The first-order valence-corrected chi connectivity index (χ1v) is 8.49. The monoisotopic (exact) mass is 374 g/mol. The van der Waals surface area contributed by atoms with Crippen LogP contribution in [0, 0.1) is 11.6 Å². The second kappa shape index (κ2) is 6.38. The third-order valence-electron chi connectivity index (χ3n) is 4.58. The van der Waals surface area contributed by atoms with Gasteiger partial charge >= 0.3 is 0 Å². The van der Waals surface area contributed by atoms with Gasteiger partial charge in [-0.25, -0.2) is 13.8 Å². The Bertz CT molecular complexity index is 1290. The number of fused-ring (bicyclic) bond motifs is 1. The summed E-state index contributed by atoms with van der Waals surface area (Å²) in [4.78, 5) is 11.7. The van der Waals surface area contributed by atoms with Gasteiger partial charge in [-0.1, -0.05) is 23.4 Å². The first-order valence-electron chi connectivity index (χ1n) is 8.49. The first-order chi connectivity index (χ1) is 13.7. The van der Waals surface area contributed by atoms with E-state index in [1.54, 1.807) is 24.8 Å². The van der Waals surface area contributed by atoms with Crippen molar-refractivity contribution in [1.82, 2.24) is 20.1 Å². The van der Waals surface area contributed by atoms with E-state index in [9.17, 15) is 8.78 Å². The molecule has 136 valence electrons. The van der Waals surface area contributed by atoms with Gasteiger partial charge < -0.3 is 9.51 Å². The Morgan fingerprint density at radius 2 is 1.82 bits per heavy atom. The van der Waals surface area contributed by atoms with Crippen LogP contribution in [-0.4, -0.2) is 20.1 Å². The van der Waals surface area contributed by atoms with Crippen molar-refractivity contribution in [3.8, 4) is 33.6 Å². The van der Waals surface area contributed by atoms with Crippen molar-refractivity contribution in [3.05, 3.63) is 79.0 Å². The molecule has 0 spiro atoms. The van der Waals surface area contributed by atoms with E-state index in [0.717, 1.165) is 22.6 Å². The minimum Gasteiger partial charge on any atom is -0.356 e. The Balaban J connectivity index is 1.69. The summed E-state index contributed by atoms with van der Waals surface area (Å²) in [6, 6.07) is 9.73. The highest BCUT2D eigenvalue weighted by Gasteiger charge is 2.21. The predicted molar refractivity (Wildman–Crippen MR) is 100 cm³/mol. The van der Waals surface area contributed by atoms with Gasteiger partial charge in [-0.2, -0.15) is 0 Å². The molecule has 0 aliphatic rings. The number of aromatic nitrogens is 4. The largest absolute Gasteiger partial charge is 0.356 e. The molecule has 1 aromatic carbocycles. The molecule has 0 fully saturated rings. The lowest BCUT2D eigenvalue weighted by Gasteiger charge is -2.04. The van der Waals surface area contributed by atoms with Crippen molar-refractivity contribution in [3.63, 3.8) is 0 Å². The van der Waals surface area contributed by atoms with Gasteiger partial charge in [0.15, 0.2) is 17.4 Å². The van der Waals surface area contributed by atoms with E-state index in [1.807, 2.05) is 18.2 Å². The molecule has 4 heterocycles. The van der Waals surface area contributed by atoms with Gasteiger partial charge in [-0.15, -0.1) is 0 Å². The van der Waals surface area contributed by atoms with Crippen LogP contribution in [0.2, 0.25) is 0 Å². The summed E-state index contributed by atoms with van der Waals surface area (Å²) in [6.45, 7) is 0. The molecule has 4 aromatic heterocycles. The van der Waals surface area contributed by atoms with Gasteiger partial charge in [0.2, 0.25) is 0 Å². The topological polar surface area (TPSA) is 67.6 Å². The van der Waals surface area contributed by atoms with E-state index in [-0.39, 0.29) is 5.56 Å². The standard InChI is InChI=1S/C21H12F2N4O/c22-18-5-1-4-14(19(18)23)17-11-27-28-20(17)16-10-26-21-15(16)7-13(9-25-21)12-3-2-6-24-8-12/h1-11H,(H,25,26). The van der Waals surface area contributed by atoms with Gasteiger partial charge in [0, 0.05) is 52.4 Å². The van der Waals surface area contributed by atoms with E-state index in [2.05, 4.69) is 20.1 Å². The molecule has 28 heavy (non-hydrogen) atoms. The highest BCUT2D eigenvalue weighted by molar-refractivity contribution is 5.97. The Labute approximate surface area is 157 Å². The molecule has 5 nitrogen and oxygen atoms in total. The van der Waals surface area contributed by atoms with E-state index in [1.165, 1.54) is 18.3 Å². The fraction of sp³-hybridized carbons (Fsp3) is 0. The van der Waals surface area contributed by atoms with Crippen molar-refractivity contribution >= 4 is 11.0 Å². The maximum atomic E-state index is 14.3. The minimum absolute atomic E-state index is 0.0852. The second-order valence-electron chi connectivity index (χ2n) is 6.23. The molecule has 0 unspecified atom stereocenters. The number of aromatic amines is 1. The van der Waals surface area contributed by atoms with Gasteiger partial charge in [0.1, 0.15) is 5.65 Å². The predicted octanol–water partition coefficient (Wildman–Crippen LogP) is 5.23. The van der Waals surface area contributed by atoms with Crippen molar-refractivity contribution in [2.24, 2.45) is 0 Å². The smallest absolute Gasteiger partial charge is 0.176 e. The number of hydrogen-bond donors (Lipinski definition) is 1. The number of hydrogen-bond acceptors (Lipinski definition) is 4. The molecule has 0 saturated carbocycles. The lowest BCUT2D eigenvalue weighted by atomic mass is 10.0. The summed E-state index contributed by atoms with van der Waals surface area (Å²) in [5.41, 5.74) is 3.54. The van der Waals surface area contributed by atoms with Crippen LogP contribution in [0.25, 0.3) is 44.6 Å². The number of benzene rings is 1. The van der Waals surface area contributed by atoms with E-state index in [4.69, 9.17) is 4.52 Å². The molecule has 0 bridgehead atoms. The SMILES string of the molecule is Fc1cccc(-c2cnoc2-c2c[nH]c3ncc(-c4cccnc4)cc23)c1F. The molecule has 0 atom stereocenters. The highest BCUT2D eigenvalue weighted by atomic mass is 19.2. The van der Waals surface area contributed by atoms with Crippen LogP contribution in [0.15, 0.2) is 71.9 Å². The number of halogens is 2. The summed E-state index contributed by atoms with van der Waals surface area (Å²) in [6.07, 6.45) is 8.28. The van der Waals surface area contributed by atoms with E-state index >= 15 is 0 Å². The average molecular weight is 374 g/mol. The molecule has 0 saturated heterocycles. The molecular weight excluding hydrogens is 362 g/mol. The number of pyridine rings is 2. The Morgan fingerprint density at radius 1 is 0.893 bits per heavy atom. The van der Waals surface area contributed by atoms with Crippen LogP contribution >= 0.6 is 0 Å². The lowest BCUT2D eigenvalue weighted by molar-refractivity contribution is 0.432. The third-order valence-corrected chi connectivity index (χ3v) is 4.58. The van der Waals surface area contributed by atoms with Crippen molar-refractivity contribution in [2.75, 3.05) is 0 Å². The minimum atomic E-state index is -0.944. The van der Waals surface area contributed by atoms with Gasteiger partial charge in [0.25, 0.3) is 0 Å². The van der Waals surface area contributed by atoms with Crippen molar-refractivity contribution in [1.29, 1.82) is 0 Å². The average Bonchev–Trinajstić information content (AvgIpc) is 3.37. The summed E-state index contributed by atoms with van der Waals surface area (Å²) in [5, 5.41) is 4.58. The summed E-state index contributed by atoms with van der Waals surface area (Å²) in [7, 11) is 0. The Morgan fingerprint density at radius 3 is 2.68 bits per heavy atom. The third kappa shape index (κ3) is 2.56. The van der Waals surface area contributed by atoms with Crippen LogP contribution in [-0.2, 0) is 0 Å². The van der Waals surface area contributed by atoms with E-state index < -0.39 is 11.6 Å². The second-order valence-corrected chi connectivity index (χ2v) is 6.23. The van der Waals surface area contributed by atoms with Crippen LogP contribution in [0.1, 0.15) is 0 Å². The van der Waals surface area contributed by atoms with Gasteiger partial charge in [-0.05, 0) is 18.2 Å². The molecule has 0 amide bonds. The van der Waals surface area contributed by atoms with Gasteiger partial charge in [0.05, 0.1) is 11.8 Å². The molecular formula is C21H12F2N4O. The molecule has 0 radical (unpaired) electrons. The Kier molecular flexibility index (Phi) is 3.72. The first kappa shape index (κ1) is 16.3. The summed E-state index contributed by atoms with van der Waals surface area (Å²) < 4.78 is 33.4. The van der Waals surface area contributed by atoms with Crippen LogP contribution < -0.4 is 0 Å². The molecule has 0 aliphatic heterocycles. The maximum Gasteiger partial charge on any atom is 0.176 e. The zero-order chi connectivity index (χ0) is 19.1. The van der Waals surface area contributed by atoms with E-state index in [0.29, 0.717) is 22.5 Å². The van der Waals surface area contributed by atoms with Crippen LogP contribution in [0.3, 0.4) is 0 Å².